The first-order chi connectivity index (χ1) is 8.85. The van der Waals surface area contributed by atoms with Crippen LogP contribution in [0.1, 0.15) is 30.3 Å². The molecule has 0 atom stereocenters. The number of thiazole rings is 1. The predicted octanol–water partition coefficient (Wildman–Crippen LogP) is 1.71. The number of nitrogens with one attached hydrogen (secondary N) is 2. The van der Waals surface area contributed by atoms with E-state index in [4.69, 9.17) is 5.84 Å². The van der Waals surface area contributed by atoms with Gasteiger partial charge < -0.3 is 10.7 Å². The van der Waals surface area contributed by atoms with Crippen LogP contribution in [0.3, 0.4) is 0 Å². The maximum absolute atomic E-state index is 5.42. The standard InChI is InChI=1S/C11H14N6S/c12-17-10-3-9(13-4-8-5-18-6-14-8)15-11(16-10)7-1-2-7/h3,5-7H,1-2,4,12H2,(H2,13,15,16,17). The Hall–Kier alpha value is -1.73. The van der Waals surface area contributed by atoms with Crippen LogP contribution in [-0.2, 0) is 6.54 Å². The Labute approximate surface area is 109 Å². The average molecular weight is 262 g/mol. The van der Waals surface area contributed by atoms with Crippen molar-refractivity contribution < 1.29 is 0 Å². The van der Waals surface area contributed by atoms with E-state index < -0.39 is 0 Å². The van der Waals surface area contributed by atoms with Crippen molar-refractivity contribution in [3.63, 3.8) is 0 Å². The van der Waals surface area contributed by atoms with Crippen LogP contribution in [0, 0.1) is 0 Å². The Morgan fingerprint density at radius 1 is 1.33 bits per heavy atom. The number of nitrogens with zero attached hydrogens (tertiary/aromatic N) is 3. The van der Waals surface area contributed by atoms with Crippen LogP contribution in [0.4, 0.5) is 11.6 Å². The van der Waals surface area contributed by atoms with Crippen LogP contribution in [0.15, 0.2) is 17.0 Å². The zero-order valence-corrected chi connectivity index (χ0v) is 10.6. The van der Waals surface area contributed by atoms with E-state index >= 15 is 0 Å². The highest BCUT2D eigenvalue weighted by Gasteiger charge is 2.27. The van der Waals surface area contributed by atoms with Crippen LogP contribution in [0.25, 0.3) is 0 Å². The maximum atomic E-state index is 5.42. The van der Waals surface area contributed by atoms with E-state index in [1.54, 1.807) is 17.4 Å². The molecule has 94 valence electrons. The number of hydrazine groups is 1. The molecule has 0 amide bonds. The number of nitrogen functional groups attached to an aromatic ring is 1. The highest BCUT2D eigenvalue weighted by Crippen LogP contribution is 2.38. The summed E-state index contributed by atoms with van der Waals surface area (Å²) in [6.45, 7) is 0.661. The lowest BCUT2D eigenvalue weighted by Gasteiger charge is -2.08. The first kappa shape index (κ1) is 11.4. The number of hydrogen-bond donors (Lipinski definition) is 3. The molecule has 0 bridgehead atoms. The summed E-state index contributed by atoms with van der Waals surface area (Å²) in [7, 11) is 0. The third-order valence-corrected chi connectivity index (χ3v) is 3.40. The van der Waals surface area contributed by atoms with Gasteiger partial charge in [-0.05, 0) is 12.8 Å². The number of nitrogens with two attached hydrogens (primary N) is 1. The maximum Gasteiger partial charge on any atom is 0.145 e. The fourth-order valence-corrected chi connectivity index (χ4v) is 2.22. The minimum Gasteiger partial charge on any atom is -0.364 e. The SMILES string of the molecule is NNc1cc(NCc2cscn2)nc(C2CC2)n1. The van der Waals surface area contributed by atoms with Gasteiger partial charge in [-0.25, -0.2) is 20.8 Å². The van der Waals surface area contributed by atoms with Crippen LogP contribution < -0.4 is 16.6 Å². The Morgan fingerprint density at radius 3 is 2.83 bits per heavy atom. The Balaban J connectivity index is 1.75. The summed E-state index contributed by atoms with van der Waals surface area (Å²) in [4.78, 5) is 13.1. The topological polar surface area (TPSA) is 88.8 Å². The molecular formula is C11H14N6S. The summed E-state index contributed by atoms with van der Waals surface area (Å²) < 4.78 is 0. The lowest BCUT2D eigenvalue weighted by Crippen LogP contribution is -2.12. The average Bonchev–Trinajstić information content (AvgIpc) is 3.13. The second kappa shape index (κ2) is 4.87. The minimum atomic E-state index is 0.498. The van der Waals surface area contributed by atoms with Crippen LogP contribution >= 0.6 is 11.3 Å². The quantitative estimate of drug-likeness (QED) is 0.561. The monoisotopic (exact) mass is 262 g/mol. The predicted molar refractivity (Wildman–Crippen MR) is 71.3 cm³/mol. The van der Waals surface area contributed by atoms with Gasteiger partial charge in [0.15, 0.2) is 0 Å². The Bertz CT molecular complexity index is 522. The van der Waals surface area contributed by atoms with Gasteiger partial charge in [0, 0.05) is 17.4 Å². The van der Waals surface area contributed by atoms with Gasteiger partial charge in [-0.1, -0.05) is 0 Å². The molecule has 1 fully saturated rings. The summed E-state index contributed by atoms with van der Waals surface area (Å²) in [5.74, 6) is 8.22. The van der Waals surface area contributed by atoms with Gasteiger partial charge >= 0.3 is 0 Å². The molecule has 0 aromatic carbocycles. The van der Waals surface area contributed by atoms with Gasteiger partial charge in [-0.2, -0.15) is 0 Å². The van der Waals surface area contributed by atoms with E-state index in [1.165, 1.54) is 12.8 Å². The molecule has 18 heavy (non-hydrogen) atoms. The van der Waals surface area contributed by atoms with Crippen molar-refractivity contribution in [3.8, 4) is 0 Å². The van der Waals surface area contributed by atoms with Crippen LogP contribution in [0.2, 0.25) is 0 Å². The molecule has 4 N–H and O–H groups in total. The van der Waals surface area contributed by atoms with Crippen LogP contribution in [0.5, 0.6) is 0 Å². The lowest BCUT2D eigenvalue weighted by molar-refractivity contribution is 0.917. The number of hydrogen-bond acceptors (Lipinski definition) is 7. The van der Waals surface area contributed by atoms with Crippen molar-refractivity contribution in [2.24, 2.45) is 5.84 Å². The van der Waals surface area contributed by atoms with E-state index in [0.717, 1.165) is 17.3 Å². The number of anilines is 2. The molecule has 1 saturated carbocycles. The molecule has 1 aliphatic rings. The third-order valence-electron chi connectivity index (χ3n) is 2.77. The zero-order valence-electron chi connectivity index (χ0n) is 9.76. The van der Waals surface area contributed by atoms with Crippen molar-refractivity contribution in [2.75, 3.05) is 10.7 Å². The largest absolute Gasteiger partial charge is 0.364 e. The molecule has 2 aromatic rings. The van der Waals surface area contributed by atoms with Gasteiger partial charge in [0.2, 0.25) is 0 Å². The molecular weight excluding hydrogens is 248 g/mol. The summed E-state index contributed by atoms with van der Waals surface area (Å²) in [6.07, 6.45) is 2.33. The van der Waals surface area contributed by atoms with Crippen molar-refractivity contribution >= 4 is 23.0 Å². The van der Waals surface area contributed by atoms with Crippen LogP contribution in [-0.4, -0.2) is 15.0 Å². The van der Waals surface area contributed by atoms with Crippen molar-refractivity contribution in [1.82, 2.24) is 15.0 Å². The highest BCUT2D eigenvalue weighted by atomic mass is 32.1. The summed E-state index contributed by atoms with van der Waals surface area (Å²) in [5, 5.41) is 5.25. The van der Waals surface area contributed by atoms with Crippen molar-refractivity contribution in [3.05, 3.63) is 28.5 Å². The molecule has 1 aliphatic carbocycles. The molecule has 2 aromatic heterocycles. The van der Waals surface area contributed by atoms with E-state index in [2.05, 4.69) is 25.7 Å². The summed E-state index contributed by atoms with van der Waals surface area (Å²) in [6, 6.07) is 1.80. The third kappa shape index (κ3) is 2.57. The molecule has 0 aliphatic heterocycles. The van der Waals surface area contributed by atoms with Gasteiger partial charge in [0.05, 0.1) is 17.7 Å². The smallest absolute Gasteiger partial charge is 0.145 e. The summed E-state index contributed by atoms with van der Waals surface area (Å²) in [5.41, 5.74) is 5.41. The molecule has 6 nitrogen and oxygen atoms in total. The fraction of sp³-hybridized carbons (Fsp3) is 0.364. The molecule has 0 radical (unpaired) electrons. The molecule has 0 unspecified atom stereocenters. The van der Waals surface area contributed by atoms with E-state index in [9.17, 15) is 0 Å². The molecule has 0 spiro atoms. The fourth-order valence-electron chi connectivity index (χ4n) is 1.66. The van der Waals surface area contributed by atoms with Gasteiger partial charge in [-0.15, -0.1) is 11.3 Å². The van der Waals surface area contributed by atoms with Gasteiger partial charge in [0.1, 0.15) is 17.5 Å². The minimum absolute atomic E-state index is 0.498. The Kier molecular flexibility index (Phi) is 3.07. The molecule has 3 rings (SSSR count). The molecule has 0 saturated heterocycles. The Morgan fingerprint density at radius 2 is 2.17 bits per heavy atom. The second-order valence-corrected chi connectivity index (χ2v) is 4.97. The normalized spacial score (nSPS) is 14.5. The van der Waals surface area contributed by atoms with E-state index in [1.807, 2.05) is 10.9 Å². The summed E-state index contributed by atoms with van der Waals surface area (Å²) >= 11 is 1.58. The van der Waals surface area contributed by atoms with Gasteiger partial charge in [-0.3, -0.25) is 0 Å². The van der Waals surface area contributed by atoms with Crippen molar-refractivity contribution in [2.45, 2.75) is 25.3 Å². The number of rotatable bonds is 5. The number of aromatic nitrogens is 3. The lowest BCUT2D eigenvalue weighted by atomic mass is 10.3. The zero-order chi connectivity index (χ0) is 12.4. The van der Waals surface area contributed by atoms with E-state index in [-0.39, 0.29) is 0 Å². The second-order valence-electron chi connectivity index (χ2n) is 4.25. The molecule has 7 heteroatoms. The van der Waals surface area contributed by atoms with Gasteiger partial charge in [0.25, 0.3) is 0 Å². The van der Waals surface area contributed by atoms with Crippen molar-refractivity contribution in [1.29, 1.82) is 0 Å². The molecule has 2 heterocycles. The highest BCUT2D eigenvalue weighted by molar-refractivity contribution is 7.07. The first-order valence-corrected chi connectivity index (χ1v) is 6.76. The first-order valence-electron chi connectivity index (χ1n) is 5.81. The van der Waals surface area contributed by atoms with E-state index in [0.29, 0.717) is 18.3 Å².